The molecular formula is C17H15N5S2. The van der Waals surface area contributed by atoms with E-state index in [-0.39, 0.29) is 0 Å². The minimum atomic E-state index is 0.793. The second-order valence-electron chi connectivity index (χ2n) is 5.33. The highest BCUT2D eigenvalue weighted by molar-refractivity contribution is 7.22. The number of rotatable bonds is 4. The first-order chi connectivity index (χ1) is 11.7. The summed E-state index contributed by atoms with van der Waals surface area (Å²) in [6.45, 7) is 4.15. The highest BCUT2D eigenvalue weighted by Gasteiger charge is 2.11. The van der Waals surface area contributed by atoms with Crippen molar-refractivity contribution in [3.8, 4) is 5.13 Å². The maximum Gasteiger partial charge on any atom is 0.204 e. The van der Waals surface area contributed by atoms with Gasteiger partial charge in [-0.1, -0.05) is 23.5 Å². The highest BCUT2D eigenvalue weighted by atomic mass is 32.1. The van der Waals surface area contributed by atoms with Gasteiger partial charge in [0.1, 0.15) is 0 Å². The van der Waals surface area contributed by atoms with Crippen molar-refractivity contribution in [3.63, 3.8) is 0 Å². The number of hydrazone groups is 1. The Labute approximate surface area is 147 Å². The number of anilines is 1. The van der Waals surface area contributed by atoms with Gasteiger partial charge in [0, 0.05) is 28.5 Å². The zero-order valence-electron chi connectivity index (χ0n) is 13.2. The summed E-state index contributed by atoms with van der Waals surface area (Å²) in [7, 11) is 0. The number of thiazole rings is 2. The molecule has 0 aliphatic carbocycles. The lowest BCUT2D eigenvalue weighted by molar-refractivity contribution is 0.949. The molecule has 0 spiro atoms. The van der Waals surface area contributed by atoms with Crippen molar-refractivity contribution in [1.29, 1.82) is 0 Å². The molecule has 1 aromatic carbocycles. The van der Waals surface area contributed by atoms with E-state index < -0.39 is 0 Å². The van der Waals surface area contributed by atoms with E-state index in [1.54, 1.807) is 22.7 Å². The Morgan fingerprint density at radius 3 is 2.92 bits per heavy atom. The molecule has 0 unspecified atom stereocenters. The summed E-state index contributed by atoms with van der Waals surface area (Å²) in [5, 5.41) is 8.10. The van der Waals surface area contributed by atoms with E-state index in [0.717, 1.165) is 37.4 Å². The average Bonchev–Trinajstić information content (AvgIpc) is 3.27. The molecule has 0 aliphatic heterocycles. The van der Waals surface area contributed by atoms with Gasteiger partial charge in [0.05, 0.1) is 16.4 Å². The van der Waals surface area contributed by atoms with Crippen LogP contribution >= 0.6 is 22.7 Å². The van der Waals surface area contributed by atoms with E-state index in [2.05, 4.69) is 51.0 Å². The smallest absolute Gasteiger partial charge is 0.204 e. The number of aromatic nitrogens is 3. The summed E-state index contributed by atoms with van der Waals surface area (Å²) in [6.07, 6.45) is 3.65. The van der Waals surface area contributed by atoms with Crippen molar-refractivity contribution < 1.29 is 0 Å². The summed E-state index contributed by atoms with van der Waals surface area (Å²) >= 11 is 3.22. The Hall–Kier alpha value is -2.51. The molecule has 0 amide bonds. The number of para-hydroxylation sites is 1. The van der Waals surface area contributed by atoms with Gasteiger partial charge < -0.3 is 0 Å². The van der Waals surface area contributed by atoms with Crippen LogP contribution in [0, 0.1) is 13.8 Å². The fraction of sp³-hybridized carbons (Fsp3) is 0.118. The second kappa shape index (κ2) is 6.18. The Balaban J connectivity index is 1.57. The predicted molar refractivity (Wildman–Crippen MR) is 102 cm³/mol. The molecule has 24 heavy (non-hydrogen) atoms. The fourth-order valence-electron chi connectivity index (χ4n) is 2.62. The summed E-state index contributed by atoms with van der Waals surface area (Å²) in [5.74, 6) is 0. The van der Waals surface area contributed by atoms with Crippen LogP contribution in [0.25, 0.3) is 15.3 Å². The normalized spacial score (nSPS) is 11.6. The third kappa shape index (κ3) is 2.72. The molecule has 7 heteroatoms. The molecule has 0 fully saturated rings. The van der Waals surface area contributed by atoms with Crippen molar-refractivity contribution in [2.24, 2.45) is 5.10 Å². The van der Waals surface area contributed by atoms with Crippen LogP contribution in [-0.2, 0) is 0 Å². The van der Waals surface area contributed by atoms with Gasteiger partial charge in [-0.2, -0.15) is 5.10 Å². The van der Waals surface area contributed by atoms with E-state index in [0.29, 0.717) is 0 Å². The first kappa shape index (κ1) is 15.0. The maximum atomic E-state index is 4.51. The third-order valence-electron chi connectivity index (χ3n) is 3.74. The molecule has 3 heterocycles. The highest BCUT2D eigenvalue weighted by Crippen LogP contribution is 2.25. The monoisotopic (exact) mass is 353 g/mol. The summed E-state index contributed by atoms with van der Waals surface area (Å²) in [6, 6.07) is 10.2. The van der Waals surface area contributed by atoms with Crippen LogP contribution in [0.5, 0.6) is 0 Å². The van der Waals surface area contributed by atoms with Gasteiger partial charge in [0.2, 0.25) is 5.13 Å². The molecule has 4 aromatic rings. The van der Waals surface area contributed by atoms with Gasteiger partial charge >= 0.3 is 0 Å². The molecule has 0 radical (unpaired) electrons. The number of aryl methyl sites for hydroxylation is 1. The Bertz CT molecular complexity index is 978. The average molecular weight is 353 g/mol. The quantitative estimate of drug-likeness (QED) is 0.431. The maximum absolute atomic E-state index is 4.51. The Kier molecular flexibility index (Phi) is 3.87. The summed E-state index contributed by atoms with van der Waals surface area (Å²) < 4.78 is 3.29. The molecule has 0 saturated heterocycles. The Morgan fingerprint density at radius 2 is 2.12 bits per heavy atom. The number of nitrogens with zero attached hydrogens (tertiary/aromatic N) is 4. The summed E-state index contributed by atoms with van der Waals surface area (Å²) in [4.78, 5) is 8.90. The molecule has 0 bridgehead atoms. The fourth-order valence-corrected chi connectivity index (χ4v) is 4.18. The van der Waals surface area contributed by atoms with Crippen molar-refractivity contribution >= 4 is 44.2 Å². The molecule has 4 rings (SSSR count). The van der Waals surface area contributed by atoms with Gasteiger partial charge in [-0.25, -0.2) is 9.97 Å². The van der Waals surface area contributed by atoms with Crippen LogP contribution < -0.4 is 5.43 Å². The van der Waals surface area contributed by atoms with Crippen LogP contribution in [0.3, 0.4) is 0 Å². The minimum Gasteiger partial charge on any atom is -0.294 e. The van der Waals surface area contributed by atoms with Gasteiger partial charge in [0.25, 0.3) is 0 Å². The standard InChI is InChI=1S/C17H15N5S2/c1-11-9-13(12(2)22(11)17-18-7-8-23-17)10-19-21-16-20-14-5-3-4-6-15(14)24-16/h3-10H,1-2H3,(H,20,21)/b19-10-. The van der Waals surface area contributed by atoms with Crippen LogP contribution in [-0.4, -0.2) is 20.7 Å². The van der Waals surface area contributed by atoms with Gasteiger partial charge in [-0.3, -0.25) is 9.99 Å². The first-order valence-electron chi connectivity index (χ1n) is 7.46. The SMILES string of the molecule is Cc1cc(/C=N\Nc2nc3ccccc3s2)c(C)n1-c1nccs1. The number of nitrogens with one attached hydrogen (secondary N) is 1. The van der Waals surface area contributed by atoms with Gasteiger partial charge in [0.15, 0.2) is 5.13 Å². The van der Waals surface area contributed by atoms with Crippen molar-refractivity contribution in [1.82, 2.24) is 14.5 Å². The zero-order chi connectivity index (χ0) is 16.5. The van der Waals surface area contributed by atoms with Crippen molar-refractivity contribution in [2.45, 2.75) is 13.8 Å². The molecule has 5 nitrogen and oxygen atoms in total. The van der Waals surface area contributed by atoms with Crippen molar-refractivity contribution in [3.05, 3.63) is 58.9 Å². The van der Waals surface area contributed by atoms with Crippen LogP contribution in [0.2, 0.25) is 0 Å². The van der Waals surface area contributed by atoms with E-state index >= 15 is 0 Å². The topological polar surface area (TPSA) is 55.1 Å². The predicted octanol–water partition coefficient (Wildman–Crippen LogP) is 4.61. The molecule has 1 N–H and O–H groups in total. The number of hydrogen-bond donors (Lipinski definition) is 1. The minimum absolute atomic E-state index is 0.793. The molecule has 0 saturated carbocycles. The lowest BCUT2D eigenvalue weighted by atomic mass is 10.3. The van der Waals surface area contributed by atoms with Crippen LogP contribution in [0.1, 0.15) is 17.0 Å². The van der Waals surface area contributed by atoms with Gasteiger partial charge in [-0.15, -0.1) is 11.3 Å². The van der Waals surface area contributed by atoms with Crippen LogP contribution in [0.4, 0.5) is 5.13 Å². The second-order valence-corrected chi connectivity index (χ2v) is 7.24. The lowest BCUT2D eigenvalue weighted by Gasteiger charge is -2.04. The van der Waals surface area contributed by atoms with E-state index in [9.17, 15) is 0 Å². The molecule has 3 aromatic heterocycles. The lowest BCUT2D eigenvalue weighted by Crippen LogP contribution is -1.99. The molecule has 120 valence electrons. The Morgan fingerprint density at radius 1 is 1.25 bits per heavy atom. The van der Waals surface area contributed by atoms with E-state index in [4.69, 9.17) is 0 Å². The van der Waals surface area contributed by atoms with E-state index in [1.165, 1.54) is 0 Å². The van der Waals surface area contributed by atoms with E-state index in [1.807, 2.05) is 36.0 Å². The first-order valence-corrected chi connectivity index (χ1v) is 9.15. The molecule has 0 atom stereocenters. The largest absolute Gasteiger partial charge is 0.294 e. The third-order valence-corrected chi connectivity index (χ3v) is 5.44. The number of benzene rings is 1. The zero-order valence-corrected chi connectivity index (χ0v) is 14.9. The summed E-state index contributed by atoms with van der Waals surface area (Å²) in [5.41, 5.74) is 7.35. The van der Waals surface area contributed by atoms with Crippen molar-refractivity contribution in [2.75, 3.05) is 5.43 Å². The number of fused-ring (bicyclic) bond motifs is 1. The number of hydrogen-bond acceptors (Lipinski definition) is 6. The molecular weight excluding hydrogens is 338 g/mol. The van der Waals surface area contributed by atoms with Gasteiger partial charge in [-0.05, 0) is 32.0 Å². The van der Waals surface area contributed by atoms with Crippen LogP contribution in [0.15, 0.2) is 47.0 Å². The molecule has 0 aliphatic rings.